The molecular weight excluding hydrogens is 274 g/mol. The molecule has 1 heterocycles. The fourth-order valence-electron chi connectivity index (χ4n) is 2.56. The summed E-state index contributed by atoms with van der Waals surface area (Å²) in [6.45, 7) is 0.766. The van der Waals surface area contributed by atoms with Gasteiger partial charge in [-0.1, -0.05) is 48.5 Å². The minimum absolute atomic E-state index is 0.0142. The molecule has 22 heavy (non-hydrogen) atoms. The molecule has 0 aliphatic carbocycles. The van der Waals surface area contributed by atoms with Gasteiger partial charge in [0.2, 0.25) is 0 Å². The van der Waals surface area contributed by atoms with Gasteiger partial charge in [-0.05, 0) is 37.7 Å². The van der Waals surface area contributed by atoms with E-state index in [1.807, 2.05) is 67.7 Å². The topological polar surface area (TPSA) is 49.8 Å². The fourth-order valence-corrected chi connectivity index (χ4v) is 2.56. The summed E-state index contributed by atoms with van der Waals surface area (Å²) in [5.74, 6) is 0. The van der Waals surface area contributed by atoms with Crippen LogP contribution in [0.15, 0.2) is 65.5 Å². The van der Waals surface area contributed by atoms with Gasteiger partial charge in [0, 0.05) is 5.56 Å². The highest BCUT2D eigenvalue weighted by molar-refractivity contribution is 5.63. The highest BCUT2D eigenvalue weighted by atomic mass is 16.1. The van der Waals surface area contributed by atoms with E-state index in [9.17, 15) is 4.79 Å². The predicted molar refractivity (Wildman–Crippen MR) is 89.5 cm³/mol. The van der Waals surface area contributed by atoms with Crippen LogP contribution in [0.2, 0.25) is 0 Å². The average molecular weight is 293 g/mol. The van der Waals surface area contributed by atoms with Crippen LogP contribution in [-0.4, -0.2) is 23.4 Å². The zero-order valence-corrected chi connectivity index (χ0v) is 12.5. The first-order chi connectivity index (χ1) is 10.8. The zero-order valence-electron chi connectivity index (χ0n) is 12.5. The van der Waals surface area contributed by atoms with Crippen molar-refractivity contribution in [2.75, 3.05) is 13.6 Å². The third kappa shape index (κ3) is 2.73. The number of hydrogen-bond donors (Lipinski definition) is 2. The summed E-state index contributed by atoms with van der Waals surface area (Å²) in [7, 11) is 1.89. The molecule has 0 saturated heterocycles. The number of benzene rings is 2. The Labute approximate surface area is 129 Å². The van der Waals surface area contributed by atoms with Crippen molar-refractivity contribution in [2.45, 2.75) is 6.42 Å². The molecule has 112 valence electrons. The van der Waals surface area contributed by atoms with E-state index >= 15 is 0 Å². The standard InChI is InChI=1S/C18H19N3O/c1-19-13-12-16-17(14-8-4-2-5-9-14)20-21(18(16)22)15-10-6-3-7-11-15/h2-11,19-20H,12-13H2,1H3. The lowest BCUT2D eigenvalue weighted by Gasteiger charge is -2.02. The molecule has 3 rings (SSSR count). The van der Waals surface area contributed by atoms with E-state index in [1.54, 1.807) is 4.68 Å². The lowest BCUT2D eigenvalue weighted by Crippen LogP contribution is -2.20. The van der Waals surface area contributed by atoms with Crippen LogP contribution in [0.3, 0.4) is 0 Å². The average Bonchev–Trinajstić information content (AvgIpc) is 2.91. The molecule has 0 bridgehead atoms. The monoisotopic (exact) mass is 293 g/mol. The zero-order chi connectivity index (χ0) is 15.4. The Morgan fingerprint density at radius 2 is 1.64 bits per heavy atom. The van der Waals surface area contributed by atoms with Gasteiger partial charge in [-0.2, -0.15) is 0 Å². The maximum absolute atomic E-state index is 12.8. The van der Waals surface area contributed by atoms with Gasteiger partial charge >= 0.3 is 0 Å². The van der Waals surface area contributed by atoms with Gasteiger partial charge < -0.3 is 5.32 Å². The molecule has 0 aliphatic rings. The van der Waals surface area contributed by atoms with Crippen LogP contribution < -0.4 is 10.9 Å². The first-order valence-corrected chi connectivity index (χ1v) is 7.40. The third-order valence-electron chi connectivity index (χ3n) is 3.69. The number of nitrogens with one attached hydrogen (secondary N) is 2. The van der Waals surface area contributed by atoms with Crippen molar-refractivity contribution in [3.05, 3.63) is 76.6 Å². The summed E-state index contributed by atoms with van der Waals surface area (Å²) in [6, 6.07) is 19.6. The second-order valence-electron chi connectivity index (χ2n) is 5.16. The normalized spacial score (nSPS) is 10.8. The number of H-pyrrole nitrogens is 1. The molecule has 4 heteroatoms. The fraction of sp³-hybridized carbons (Fsp3) is 0.167. The predicted octanol–water partition coefficient (Wildman–Crippen LogP) is 2.59. The van der Waals surface area contributed by atoms with Gasteiger partial charge in [-0.25, -0.2) is 4.68 Å². The van der Waals surface area contributed by atoms with Crippen molar-refractivity contribution in [3.63, 3.8) is 0 Å². The van der Waals surface area contributed by atoms with Crippen LogP contribution in [0.25, 0.3) is 16.9 Å². The first kappa shape index (κ1) is 14.4. The Hall–Kier alpha value is -2.59. The molecule has 0 saturated carbocycles. The van der Waals surface area contributed by atoms with E-state index in [2.05, 4.69) is 10.4 Å². The third-order valence-corrected chi connectivity index (χ3v) is 3.69. The number of para-hydroxylation sites is 1. The molecule has 4 nitrogen and oxygen atoms in total. The van der Waals surface area contributed by atoms with Gasteiger partial charge in [0.25, 0.3) is 5.56 Å². The molecule has 2 aromatic carbocycles. The largest absolute Gasteiger partial charge is 0.319 e. The van der Waals surface area contributed by atoms with Gasteiger partial charge in [0.05, 0.1) is 11.4 Å². The molecule has 0 fully saturated rings. The smallest absolute Gasteiger partial charge is 0.275 e. The van der Waals surface area contributed by atoms with Crippen LogP contribution in [0.1, 0.15) is 5.56 Å². The molecule has 0 aliphatic heterocycles. The van der Waals surface area contributed by atoms with Gasteiger partial charge in [-0.3, -0.25) is 9.89 Å². The first-order valence-electron chi connectivity index (χ1n) is 7.40. The summed E-state index contributed by atoms with van der Waals surface area (Å²) >= 11 is 0. The molecule has 0 atom stereocenters. The number of aromatic nitrogens is 2. The summed E-state index contributed by atoms with van der Waals surface area (Å²) in [5.41, 5.74) is 3.59. The number of rotatable bonds is 5. The van der Waals surface area contributed by atoms with Crippen LogP contribution in [-0.2, 0) is 6.42 Å². The van der Waals surface area contributed by atoms with E-state index in [0.717, 1.165) is 29.1 Å². The molecule has 1 aromatic heterocycles. The van der Waals surface area contributed by atoms with E-state index in [4.69, 9.17) is 0 Å². The lowest BCUT2D eigenvalue weighted by atomic mass is 10.1. The molecule has 0 spiro atoms. The SMILES string of the molecule is CNCCc1c(-c2ccccc2)[nH]n(-c2ccccc2)c1=O. The quantitative estimate of drug-likeness (QED) is 0.759. The van der Waals surface area contributed by atoms with Crippen LogP contribution in [0.5, 0.6) is 0 Å². The lowest BCUT2D eigenvalue weighted by molar-refractivity contribution is 0.785. The second kappa shape index (κ2) is 6.45. The highest BCUT2D eigenvalue weighted by Gasteiger charge is 2.15. The maximum atomic E-state index is 12.8. The minimum atomic E-state index is 0.0142. The Kier molecular flexibility index (Phi) is 4.21. The van der Waals surface area contributed by atoms with Crippen molar-refractivity contribution < 1.29 is 0 Å². The number of hydrogen-bond acceptors (Lipinski definition) is 2. The minimum Gasteiger partial charge on any atom is -0.319 e. The second-order valence-corrected chi connectivity index (χ2v) is 5.16. The van der Waals surface area contributed by atoms with E-state index in [-0.39, 0.29) is 5.56 Å². The van der Waals surface area contributed by atoms with Crippen LogP contribution in [0, 0.1) is 0 Å². The molecule has 3 aromatic rings. The van der Waals surface area contributed by atoms with Crippen molar-refractivity contribution in [2.24, 2.45) is 0 Å². The van der Waals surface area contributed by atoms with Crippen LogP contribution in [0.4, 0.5) is 0 Å². The Bertz CT molecular complexity index is 788. The Morgan fingerprint density at radius 1 is 1.00 bits per heavy atom. The van der Waals surface area contributed by atoms with E-state index < -0.39 is 0 Å². The molecule has 0 unspecified atom stereocenters. The summed E-state index contributed by atoms with van der Waals surface area (Å²) < 4.78 is 1.62. The van der Waals surface area contributed by atoms with Crippen molar-refractivity contribution in [1.29, 1.82) is 0 Å². The number of nitrogens with zero attached hydrogens (tertiary/aromatic N) is 1. The van der Waals surface area contributed by atoms with Crippen molar-refractivity contribution >= 4 is 0 Å². The molecule has 0 radical (unpaired) electrons. The molecular formula is C18H19N3O. The number of aromatic amines is 1. The van der Waals surface area contributed by atoms with E-state index in [0.29, 0.717) is 6.42 Å². The van der Waals surface area contributed by atoms with E-state index in [1.165, 1.54) is 0 Å². The van der Waals surface area contributed by atoms with Gasteiger partial charge in [0.1, 0.15) is 0 Å². The van der Waals surface area contributed by atoms with Crippen molar-refractivity contribution in [1.82, 2.24) is 15.1 Å². The molecule has 0 amide bonds. The summed E-state index contributed by atoms with van der Waals surface area (Å²) in [5, 5.41) is 6.38. The summed E-state index contributed by atoms with van der Waals surface area (Å²) in [4.78, 5) is 12.8. The van der Waals surface area contributed by atoms with Crippen molar-refractivity contribution in [3.8, 4) is 16.9 Å². The highest BCUT2D eigenvalue weighted by Crippen LogP contribution is 2.20. The Morgan fingerprint density at radius 3 is 2.27 bits per heavy atom. The number of likely N-dealkylation sites (N-methyl/N-ethyl adjacent to an activating group) is 1. The van der Waals surface area contributed by atoms with Crippen LogP contribution >= 0.6 is 0 Å². The molecule has 2 N–H and O–H groups in total. The Balaban J connectivity index is 2.14. The van der Waals surface area contributed by atoms with Gasteiger partial charge in [0.15, 0.2) is 0 Å². The summed E-state index contributed by atoms with van der Waals surface area (Å²) in [6.07, 6.45) is 0.690. The van der Waals surface area contributed by atoms with Gasteiger partial charge in [-0.15, -0.1) is 0 Å². The maximum Gasteiger partial charge on any atom is 0.275 e.